The lowest BCUT2D eigenvalue weighted by atomic mass is 9.96. The SMILES string of the molecule is CN(C)C(=O)Cn1nccc1C1CCCNC1.Cl. The summed E-state index contributed by atoms with van der Waals surface area (Å²) < 4.78 is 1.83. The van der Waals surface area contributed by atoms with Crippen molar-refractivity contribution in [3.8, 4) is 0 Å². The van der Waals surface area contributed by atoms with Crippen LogP contribution in [0.5, 0.6) is 0 Å². The quantitative estimate of drug-likeness (QED) is 0.888. The van der Waals surface area contributed by atoms with Gasteiger partial charge in [0.2, 0.25) is 5.91 Å². The molecule has 2 rings (SSSR count). The van der Waals surface area contributed by atoms with Crippen molar-refractivity contribution in [2.24, 2.45) is 0 Å². The first-order valence-corrected chi connectivity index (χ1v) is 6.11. The fourth-order valence-electron chi connectivity index (χ4n) is 2.20. The zero-order valence-corrected chi connectivity index (χ0v) is 11.7. The Kier molecular flexibility index (Phi) is 5.62. The number of carbonyl (C=O) groups excluding carboxylic acids is 1. The average molecular weight is 273 g/mol. The van der Waals surface area contributed by atoms with Crippen LogP contribution in [0.15, 0.2) is 12.3 Å². The molecule has 1 N–H and O–H groups in total. The molecule has 18 heavy (non-hydrogen) atoms. The molecule has 2 heterocycles. The number of amides is 1. The first kappa shape index (κ1) is 15.0. The number of rotatable bonds is 3. The molecule has 1 atom stereocenters. The maximum Gasteiger partial charge on any atom is 0.243 e. The smallest absolute Gasteiger partial charge is 0.243 e. The average Bonchev–Trinajstić information content (AvgIpc) is 2.78. The zero-order chi connectivity index (χ0) is 12.3. The second-order valence-electron chi connectivity index (χ2n) is 4.75. The summed E-state index contributed by atoms with van der Waals surface area (Å²) in [5.74, 6) is 0.569. The van der Waals surface area contributed by atoms with E-state index < -0.39 is 0 Å². The summed E-state index contributed by atoms with van der Waals surface area (Å²) in [6.45, 7) is 2.43. The second-order valence-corrected chi connectivity index (χ2v) is 4.75. The van der Waals surface area contributed by atoms with E-state index in [1.807, 2.05) is 10.7 Å². The maximum atomic E-state index is 11.7. The topological polar surface area (TPSA) is 50.2 Å². The molecular formula is C12H21ClN4O. The molecule has 1 unspecified atom stereocenters. The molecule has 0 aromatic carbocycles. The number of halogens is 1. The molecule has 1 aliphatic rings. The van der Waals surface area contributed by atoms with E-state index in [2.05, 4.69) is 10.4 Å². The first-order chi connectivity index (χ1) is 8.18. The molecule has 0 radical (unpaired) electrons. The standard InChI is InChI=1S/C12H20N4O.ClH/c1-15(2)12(17)9-16-11(5-7-14-16)10-4-3-6-13-8-10;/h5,7,10,13H,3-4,6,8-9H2,1-2H3;1H. The highest BCUT2D eigenvalue weighted by Crippen LogP contribution is 2.22. The van der Waals surface area contributed by atoms with E-state index in [0.717, 1.165) is 13.1 Å². The van der Waals surface area contributed by atoms with Crippen molar-refractivity contribution in [2.45, 2.75) is 25.3 Å². The third-order valence-electron chi connectivity index (χ3n) is 3.25. The predicted octanol–water partition coefficient (Wildman–Crippen LogP) is 0.860. The Bertz CT molecular complexity index is 385. The molecule has 1 aromatic heterocycles. The Morgan fingerprint density at radius 1 is 1.61 bits per heavy atom. The highest BCUT2D eigenvalue weighted by Gasteiger charge is 2.20. The van der Waals surface area contributed by atoms with Crippen LogP contribution >= 0.6 is 12.4 Å². The Hall–Kier alpha value is -1.07. The van der Waals surface area contributed by atoms with Gasteiger partial charge in [-0.3, -0.25) is 9.48 Å². The second kappa shape index (κ2) is 6.75. The molecule has 0 aliphatic carbocycles. The van der Waals surface area contributed by atoms with Gasteiger partial charge >= 0.3 is 0 Å². The van der Waals surface area contributed by atoms with Crippen molar-refractivity contribution in [3.63, 3.8) is 0 Å². The fourth-order valence-corrected chi connectivity index (χ4v) is 2.20. The Balaban J connectivity index is 0.00000162. The lowest BCUT2D eigenvalue weighted by Crippen LogP contribution is -2.32. The van der Waals surface area contributed by atoms with E-state index in [0.29, 0.717) is 12.5 Å². The van der Waals surface area contributed by atoms with Gasteiger partial charge in [-0.15, -0.1) is 12.4 Å². The van der Waals surface area contributed by atoms with Crippen molar-refractivity contribution in [1.82, 2.24) is 20.0 Å². The molecule has 102 valence electrons. The number of nitrogens with zero attached hydrogens (tertiary/aromatic N) is 3. The summed E-state index contributed by atoms with van der Waals surface area (Å²) in [4.78, 5) is 13.3. The lowest BCUT2D eigenvalue weighted by Gasteiger charge is -2.23. The minimum atomic E-state index is 0. The summed E-state index contributed by atoms with van der Waals surface area (Å²) in [7, 11) is 3.54. The van der Waals surface area contributed by atoms with Crippen LogP contribution in [0, 0.1) is 0 Å². The molecular weight excluding hydrogens is 252 g/mol. The molecule has 0 spiro atoms. The van der Waals surface area contributed by atoms with Gasteiger partial charge in [0.25, 0.3) is 0 Å². The van der Waals surface area contributed by atoms with Crippen molar-refractivity contribution >= 4 is 18.3 Å². The van der Waals surface area contributed by atoms with E-state index in [1.165, 1.54) is 18.5 Å². The van der Waals surface area contributed by atoms with Gasteiger partial charge in [-0.05, 0) is 25.5 Å². The molecule has 6 heteroatoms. The maximum absolute atomic E-state index is 11.7. The van der Waals surface area contributed by atoms with Crippen molar-refractivity contribution in [2.75, 3.05) is 27.2 Å². The van der Waals surface area contributed by atoms with E-state index in [9.17, 15) is 4.79 Å². The minimum absolute atomic E-state index is 0. The number of nitrogens with one attached hydrogen (secondary N) is 1. The number of aromatic nitrogens is 2. The number of hydrogen-bond donors (Lipinski definition) is 1. The van der Waals surface area contributed by atoms with Crippen LogP contribution in [-0.4, -0.2) is 47.8 Å². The van der Waals surface area contributed by atoms with Crippen LogP contribution in [0.1, 0.15) is 24.5 Å². The van der Waals surface area contributed by atoms with Gasteiger partial charge in [0, 0.05) is 38.4 Å². The normalized spacial score (nSPS) is 19.1. The number of carbonyl (C=O) groups is 1. The van der Waals surface area contributed by atoms with E-state index >= 15 is 0 Å². The molecule has 1 saturated heterocycles. The van der Waals surface area contributed by atoms with Gasteiger partial charge in [-0.1, -0.05) is 0 Å². The first-order valence-electron chi connectivity index (χ1n) is 6.11. The Labute approximate surface area is 114 Å². The molecule has 1 aliphatic heterocycles. The van der Waals surface area contributed by atoms with Crippen LogP contribution in [0.2, 0.25) is 0 Å². The molecule has 1 fully saturated rings. The van der Waals surface area contributed by atoms with E-state index in [4.69, 9.17) is 0 Å². The molecule has 1 aromatic rings. The van der Waals surface area contributed by atoms with Crippen LogP contribution in [0.4, 0.5) is 0 Å². The summed E-state index contributed by atoms with van der Waals surface area (Å²) >= 11 is 0. The van der Waals surface area contributed by atoms with Crippen molar-refractivity contribution in [3.05, 3.63) is 18.0 Å². The van der Waals surface area contributed by atoms with Crippen LogP contribution in [0.25, 0.3) is 0 Å². The minimum Gasteiger partial charge on any atom is -0.347 e. The van der Waals surface area contributed by atoms with Gasteiger partial charge < -0.3 is 10.2 Å². The van der Waals surface area contributed by atoms with Gasteiger partial charge in [0.05, 0.1) is 0 Å². The highest BCUT2D eigenvalue weighted by atomic mass is 35.5. The molecule has 0 saturated carbocycles. The van der Waals surface area contributed by atoms with Crippen LogP contribution < -0.4 is 5.32 Å². The predicted molar refractivity (Wildman–Crippen MR) is 73.0 cm³/mol. The van der Waals surface area contributed by atoms with Gasteiger partial charge in [-0.25, -0.2) is 0 Å². The van der Waals surface area contributed by atoms with Gasteiger partial charge in [0.1, 0.15) is 6.54 Å². The van der Waals surface area contributed by atoms with E-state index in [-0.39, 0.29) is 18.3 Å². The Morgan fingerprint density at radius 3 is 3.00 bits per heavy atom. The number of likely N-dealkylation sites (N-methyl/N-ethyl adjacent to an activating group) is 1. The number of hydrogen-bond acceptors (Lipinski definition) is 3. The summed E-state index contributed by atoms with van der Waals surface area (Å²) in [6.07, 6.45) is 4.15. The van der Waals surface area contributed by atoms with Crippen LogP contribution in [0.3, 0.4) is 0 Å². The van der Waals surface area contributed by atoms with Gasteiger partial charge in [0.15, 0.2) is 0 Å². The highest BCUT2D eigenvalue weighted by molar-refractivity contribution is 5.85. The Morgan fingerprint density at radius 2 is 2.39 bits per heavy atom. The lowest BCUT2D eigenvalue weighted by molar-refractivity contribution is -0.129. The monoisotopic (exact) mass is 272 g/mol. The third kappa shape index (κ3) is 3.46. The van der Waals surface area contributed by atoms with Crippen molar-refractivity contribution < 1.29 is 4.79 Å². The molecule has 1 amide bonds. The van der Waals surface area contributed by atoms with Crippen LogP contribution in [-0.2, 0) is 11.3 Å². The van der Waals surface area contributed by atoms with E-state index in [1.54, 1.807) is 25.2 Å². The third-order valence-corrected chi connectivity index (χ3v) is 3.25. The zero-order valence-electron chi connectivity index (χ0n) is 10.9. The number of piperidine rings is 1. The van der Waals surface area contributed by atoms with Crippen molar-refractivity contribution in [1.29, 1.82) is 0 Å². The molecule has 5 nitrogen and oxygen atoms in total. The summed E-state index contributed by atoms with van der Waals surface area (Å²) in [6, 6.07) is 2.03. The molecule has 0 bridgehead atoms. The summed E-state index contributed by atoms with van der Waals surface area (Å²) in [5, 5.41) is 7.65. The summed E-state index contributed by atoms with van der Waals surface area (Å²) in [5.41, 5.74) is 1.17. The largest absolute Gasteiger partial charge is 0.347 e. The van der Waals surface area contributed by atoms with Gasteiger partial charge in [-0.2, -0.15) is 5.10 Å². The fraction of sp³-hybridized carbons (Fsp3) is 0.667.